The van der Waals surface area contributed by atoms with Crippen molar-refractivity contribution >= 4 is 22.4 Å². The number of hydrogen-bond acceptors (Lipinski definition) is 6. The summed E-state index contributed by atoms with van der Waals surface area (Å²) in [6.45, 7) is 3.98. The molecule has 1 aromatic heterocycles. The highest BCUT2D eigenvalue weighted by atomic mass is 32.1. The molecule has 0 saturated carbocycles. The highest BCUT2D eigenvalue weighted by Crippen LogP contribution is 2.30. The zero-order valence-corrected chi connectivity index (χ0v) is 12.2. The van der Waals surface area contributed by atoms with Gasteiger partial charge < -0.3 is 15.4 Å². The van der Waals surface area contributed by atoms with Crippen molar-refractivity contribution in [1.82, 2.24) is 10.3 Å². The molecule has 6 nitrogen and oxygen atoms in total. The van der Waals surface area contributed by atoms with E-state index in [9.17, 15) is 4.79 Å². The molecule has 0 aliphatic rings. The summed E-state index contributed by atoms with van der Waals surface area (Å²) in [5.74, 6) is 0.190. The van der Waals surface area contributed by atoms with Gasteiger partial charge in [-0.1, -0.05) is 11.3 Å². The normalized spacial score (nSPS) is 11.4. The van der Waals surface area contributed by atoms with Crippen LogP contribution < -0.4 is 20.7 Å². The number of rotatable bonds is 6. The minimum absolute atomic E-state index is 0.390. The number of carbonyl (C=O) groups is 1. The maximum atomic E-state index is 11.2. The predicted octanol–water partition coefficient (Wildman–Crippen LogP) is 0.571. The molecule has 0 aromatic carbocycles. The minimum atomic E-state index is -0.757. The van der Waals surface area contributed by atoms with Gasteiger partial charge in [0.1, 0.15) is 0 Å². The number of primary amides is 1. The van der Waals surface area contributed by atoms with Gasteiger partial charge in [-0.05, 0) is 13.8 Å². The number of carbonyl (C=O) groups excluding carboxylic acids is 1. The highest BCUT2D eigenvalue weighted by molar-refractivity contribution is 7.15. The number of ether oxygens (including phenoxy) is 1. The molecule has 0 aliphatic carbocycles. The molecule has 0 spiro atoms. The largest absolute Gasteiger partial charge is 0.480 e. The molecule has 0 radical (unpaired) electrons. The molecule has 1 heterocycles. The van der Waals surface area contributed by atoms with Gasteiger partial charge in [-0.25, -0.2) is 0 Å². The molecule has 1 rings (SSSR count). The van der Waals surface area contributed by atoms with Gasteiger partial charge in [0.05, 0.1) is 17.5 Å². The molecule has 0 saturated heterocycles. The standard InChI is InChI=1S/C11H20N4O2S/c1-11(2,9(12)16)13-6-7-8(17-5)14-10(18-7)15(3)4/h13H,6H2,1-5H3,(H2,12,16). The molecule has 3 N–H and O–H groups in total. The van der Waals surface area contributed by atoms with E-state index in [2.05, 4.69) is 10.3 Å². The first kappa shape index (κ1) is 14.7. The van der Waals surface area contributed by atoms with E-state index in [-0.39, 0.29) is 5.91 Å². The maximum absolute atomic E-state index is 11.2. The molecule has 0 aliphatic heterocycles. The van der Waals surface area contributed by atoms with E-state index in [0.717, 1.165) is 10.0 Å². The Hall–Kier alpha value is -1.34. The minimum Gasteiger partial charge on any atom is -0.480 e. The molecule has 1 aromatic rings. The van der Waals surface area contributed by atoms with E-state index < -0.39 is 5.54 Å². The number of nitrogens with two attached hydrogens (primary N) is 1. The molecular formula is C11H20N4O2S. The van der Waals surface area contributed by atoms with Gasteiger partial charge in [-0.2, -0.15) is 4.98 Å². The summed E-state index contributed by atoms with van der Waals surface area (Å²) in [5.41, 5.74) is 4.55. The van der Waals surface area contributed by atoms with Crippen LogP contribution in [0.1, 0.15) is 18.7 Å². The van der Waals surface area contributed by atoms with Crippen LogP contribution in [0, 0.1) is 0 Å². The van der Waals surface area contributed by atoms with Crippen LogP contribution in [0.15, 0.2) is 0 Å². The van der Waals surface area contributed by atoms with Crippen LogP contribution in [0.25, 0.3) is 0 Å². The number of amides is 1. The summed E-state index contributed by atoms with van der Waals surface area (Å²) in [6, 6.07) is 0. The number of thiazole rings is 1. The third kappa shape index (κ3) is 3.33. The zero-order valence-electron chi connectivity index (χ0n) is 11.4. The van der Waals surface area contributed by atoms with Gasteiger partial charge >= 0.3 is 0 Å². The number of hydrogen-bond donors (Lipinski definition) is 2. The lowest BCUT2D eigenvalue weighted by atomic mass is 10.1. The molecule has 0 unspecified atom stereocenters. The third-order valence-corrected chi connectivity index (χ3v) is 3.74. The van der Waals surface area contributed by atoms with Crippen LogP contribution in [-0.2, 0) is 11.3 Å². The fourth-order valence-corrected chi connectivity index (χ4v) is 2.07. The molecule has 0 fully saturated rings. The number of methoxy groups -OCH3 is 1. The predicted molar refractivity (Wildman–Crippen MR) is 73.1 cm³/mol. The average molecular weight is 272 g/mol. The van der Waals surface area contributed by atoms with Crippen LogP contribution in [0.4, 0.5) is 5.13 Å². The van der Waals surface area contributed by atoms with E-state index in [4.69, 9.17) is 10.5 Å². The van der Waals surface area contributed by atoms with Crippen molar-refractivity contribution in [2.75, 3.05) is 26.1 Å². The van der Waals surface area contributed by atoms with Gasteiger partial charge in [-0.15, -0.1) is 0 Å². The monoisotopic (exact) mass is 272 g/mol. The van der Waals surface area contributed by atoms with E-state index in [0.29, 0.717) is 12.4 Å². The molecule has 18 heavy (non-hydrogen) atoms. The highest BCUT2D eigenvalue weighted by Gasteiger charge is 2.25. The number of nitrogens with zero attached hydrogens (tertiary/aromatic N) is 2. The van der Waals surface area contributed by atoms with Gasteiger partial charge in [0.15, 0.2) is 5.13 Å². The SMILES string of the molecule is COc1nc(N(C)C)sc1CNC(C)(C)C(N)=O. The first-order valence-electron chi connectivity index (χ1n) is 5.54. The Morgan fingerprint density at radius 1 is 1.56 bits per heavy atom. The van der Waals surface area contributed by atoms with Gasteiger partial charge in [-0.3, -0.25) is 10.1 Å². The summed E-state index contributed by atoms with van der Waals surface area (Å²) < 4.78 is 5.22. The Labute approximate surface area is 111 Å². The Bertz CT molecular complexity index is 429. The van der Waals surface area contributed by atoms with Crippen molar-refractivity contribution in [1.29, 1.82) is 0 Å². The average Bonchev–Trinajstić information content (AvgIpc) is 2.69. The van der Waals surface area contributed by atoms with Crippen LogP contribution in [0.3, 0.4) is 0 Å². The van der Waals surface area contributed by atoms with Crippen molar-refractivity contribution in [3.05, 3.63) is 4.88 Å². The van der Waals surface area contributed by atoms with Crippen molar-refractivity contribution in [3.63, 3.8) is 0 Å². The molecule has 0 atom stereocenters. The molecule has 7 heteroatoms. The summed E-state index contributed by atoms with van der Waals surface area (Å²) in [7, 11) is 5.42. The summed E-state index contributed by atoms with van der Waals surface area (Å²) >= 11 is 1.52. The summed E-state index contributed by atoms with van der Waals surface area (Å²) in [4.78, 5) is 18.4. The summed E-state index contributed by atoms with van der Waals surface area (Å²) in [6.07, 6.45) is 0. The lowest BCUT2D eigenvalue weighted by Gasteiger charge is -2.21. The van der Waals surface area contributed by atoms with E-state index in [1.165, 1.54) is 11.3 Å². The van der Waals surface area contributed by atoms with Gasteiger partial charge in [0.25, 0.3) is 0 Å². The van der Waals surface area contributed by atoms with Crippen LogP contribution in [0.2, 0.25) is 0 Å². The van der Waals surface area contributed by atoms with Crippen LogP contribution in [-0.4, -0.2) is 37.6 Å². The molecule has 102 valence electrons. The smallest absolute Gasteiger partial charge is 0.237 e. The quantitative estimate of drug-likeness (QED) is 0.791. The lowest BCUT2D eigenvalue weighted by molar-refractivity contribution is -0.123. The second-order valence-electron chi connectivity index (χ2n) is 4.67. The first-order chi connectivity index (χ1) is 8.27. The second kappa shape index (κ2) is 5.53. The first-order valence-corrected chi connectivity index (χ1v) is 6.35. The second-order valence-corrected chi connectivity index (χ2v) is 5.73. The molecule has 0 bridgehead atoms. The fraction of sp³-hybridized carbons (Fsp3) is 0.636. The van der Waals surface area contributed by atoms with Crippen molar-refractivity contribution in [3.8, 4) is 5.88 Å². The van der Waals surface area contributed by atoms with Crippen LogP contribution in [0.5, 0.6) is 5.88 Å². The van der Waals surface area contributed by atoms with Crippen molar-refractivity contribution in [2.45, 2.75) is 25.9 Å². The lowest BCUT2D eigenvalue weighted by Crippen LogP contribution is -2.50. The topological polar surface area (TPSA) is 80.5 Å². The third-order valence-electron chi connectivity index (χ3n) is 2.53. The molecule has 1 amide bonds. The Balaban J connectivity index is 2.81. The zero-order chi connectivity index (χ0) is 13.9. The molecular weight excluding hydrogens is 252 g/mol. The number of anilines is 1. The van der Waals surface area contributed by atoms with Gasteiger partial charge in [0, 0.05) is 20.6 Å². The van der Waals surface area contributed by atoms with E-state index >= 15 is 0 Å². The Kier molecular flexibility index (Phi) is 4.53. The fourth-order valence-electron chi connectivity index (χ4n) is 1.18. The number of aromatic nitrogens is 1. The van der Waals surface area contributed by atoms with Gasteiger partial charge in [0.2, 0.25) is 11.8 Å². The number of nitrogens with one attached hydrogen (secondary N) is 1. The Morgan fingerprint density at radius 3 is 2.61 bits per heavy atom. The van der Waals surface area contributed by atoms with E-state index in [1.54, 1.807) is 21.0 Å². The maximum Gasteiger partial charge on any atom is 0.237 e. The van der Waals surface area contributed by atoms with Crippen molar-refractivity contribution < 1.29 is 9.53 Å². The Morgan fingerprint density at radius 2 is 2.17 bits per heavy atom. The van der Waals surface area contributed by atoms with E-state index in [1.807, 2.05) is 19.0 Å². The van der Waals surface area contributed by atoms with Crippen LogP contribution >= 0.6 is 11.3 Å². The summed E-state index contributed by atoms with van der Waals surface area (Å²) in [5, 5.41) is 3.96. The van der Waals surface area contributed by atoms with Crippen molar-refractivity contribution in [2.24, 2.45) is 5.73 Å².